The Balaban J connectivity index is 2.18. The van der Waals surface area contributed by atoms with Gasteiger partial charge in [-0.1, -0.05) is 0 Å². The maximum absolute atomic E-state index is 10.9. The van der Waals surface area contributed by atoms with Gasteiger partial charge in [-0.3, -0.25) is 10.1 Å². The maximum Gasteiger partial charge on any atom is 0.275 e. The molecule has 98 valence electrons. The highest BCUT2D eigenvalue weighted by atomic mass is 16.6. The molecule has 0 amide bonds. The van der Waals surface area contributed by atoms with Gasteiger partial charge in [0.15, 0.2) is 0 Å². The maximum atomic E-state index is 10.9. The molecule has 1 atom stereocenters. The van der Waals surface area contributed by atoms with Crippen molar-refractivity contribution in [2.75, 3.05) is 25.0 Å². The fraction of sp³-hybridized carbons (Fsp3) is 0.500. The Kier molecular flexibility index (Phi) is 3.99. The number of nitro groups is 1. The molecule has 0 bridgehead atoms. The van der Waals surface area contributed by atoms with Crippen molar-refractivity contribution in [3.8, 4) is 5.75 Å². The van der Waals surface area contributed by atoms with Gasteiger partial charge in [-0.25, -0.2) is 0 Å². The normalized spacial score (nSPS) is 18.6. The highest BCUT2D eigenvalue weighted by molar-refractivity contribution is 5.57. The van der Waals surface area contributed by atoms with Crippen LogP contribution in [0, 0.1) is 10.1 Å². The number of hydrogen-bond donors (Lipinski definition) is 2. The van der Waals surface area contributed by atoms with Crippen LogP contribution < -0.4 is 15.4 Å². The number of hydrogen-bond acceptors (Lipinski definition) is 5. The van der Waals surface area contributed by atoms with E-state index in [1.54, 1.807) is 12.1 Å². The van der Waals surface area contributed by atoms with Crippen molar-refractivity contribution in [1.29, 1.82) is 0 Å². The molecule has 1 saturated heterocycles. The third-order valence-electron chi connectivity index (χ3n) is 2.84. The summed E-state index contributed by atoms with van der Waals surface area (Å²) in [5.41, 5.74) is 0.788. The van der Waals surface area contributed by atoms with Gasteiger partial charge >= 0.3 is 0 Å². The van der Waals surface area contributed by atoms with Crippen LogP contribution in [-0.4, -0.2) is 30.7 Å². The summed E-state index contributed by atoms with van der Waals surface area (Å²) < 4.78 is 5.34. The molecule has 1 aliphatic heterocycles. The van der Waals surface area contributed by atoms with Crippen molar-refractivity contribution >= 4 is 11.4 Å². The number of nitro benzene ring substituents is 1. The van der Waals surface area contributed by atoms with Crippen LogP contribution in [0.3, 0.4) is 0 Å². The summed E-state index contributed by atoms with van der Waals surface area (Å²) in [7, 11) is 0. The lowest BCUT2D eigenvalue weighted by Crippen LogP contribution is -2.22. The Morgan fingerprint density at radius 2 is 2.39 bits per heavy atom. The predicted molar refractivity (Wildman–Crippen MR) is 69.2 cm³/mol. The summed E-state index contributed by atoms with van der Waals surface area (Å²) in [6.45, 7) is 4.20. The summed E-state index contributed by atoms with van der Waals surface area (Å²) in [6, 6.07) is 5.11. The van der Waals surface area contributed by atoms with Gasteiger partial charge in [-0.05, 0) is 19.9 Å². The molecular formula is C12H17N3O3. The lowest BCUT2D eigenvalue weighted by Gasteiger charge is -2.14. The molecular weight excluding hydrogens is 234 g/mol. The molecule has 6 heteroatoms. The number of nitrogens with one attached hydrogen (secondary N) is 2. The van der Waals surface area contributed by atoms with Crippen LogP contribution in [-0.2, 0) is 0 Å². The summed E-state index contributed by atoms with van der Waals surface area (Å²) in [6.07, 6.45) is 1.02. The first-order valence-corrected chi connectivity index (χ1v) is 6.08. The molecule has 0 spiro atoms. The molecule has 18 heavy (non-hydrogen) atoms. The average Bonchev–Trinajstić information content (AvgIpc) is 2.82. The van der Waals surface area contributed by atoms with E-state index in [1.807, 2.05) is 6.92 Å². The summed E-state index contributed by atoms with van der Waals surface area (Å²) in [5.74, 6) is 0.528. The second kappa shape index (κ2) is 5.68. The number of nitrogens with zero attached hydrogens (tertiary/aromatic N) is 1. The monoisotopic (exact) mass is 251 g/mol. The summed E-state index contributed by atoms with van der Waals surface area (Å²) in [4.78, 5) is 10.5. The van der Waals surface area contributed by atoms with Crippen molar-refractivity contribution < 1.29 is 9.66 Å². The first-order chi connectivity index (χ1) is 8.69. The van der Waals surface area contributed by atoms with E-state index in [0.717, 1.165) is 25.2 Å². The molecule has 1 fully saturated rings. The van der Waals surface area contributed by atoms with Crippen molar-refractivity contribution in [2.45, 2.75) is 19.4 Å². The van der Waals surface area contributed by atoms with Gasteiger partial charge in [0.1, 0.15) is 5.75 Å². The van der Waals surface area contributed by atoms with Crippen molar-refractivity contribution in [2.24, 2.45) is 0 Å². The van der Waals surface area contributed by atoms with Gasteiger partial charge in [0.2, 0.25) is 0 Å². The first kappa shape index (κ1) is 12.6. The molecule has 0 radical (unpaired) electrons. The third kappa shape index (κ3) is 3.10. The van der Waals surface area contributed by atoms with Crippen molar-refractivity contribution in [1.82, 2.24) is 5.32 Å². The molecule has 0 saturated carbocycles. The van der Waals surface area contributed by atoms with Gasteiger partial charge in [0, 0.05) is 30.4 Å². The van der Waals surface area contributed by atoms with E-state index in [-0.39, 0.29) is 5.69 Å². The van der Waals surface area contributed by atoms with Crippen LogP contribution in [0.15, 0.2) is 18.2 Å². The molecule has 1 aromatic rings. The first-order valence-electron chi connectivity index (χ1n) is 6.08. The molecule has 0 aromatic heterocycles. The fourth-order valence-electron chi connectivity index (χ4n) is 2.04. The Morgan fingerprint density at radius 1 is 1.56 bits per heavy atom. The molecule has 1 aromatic carbocycles. The average molecular weight is 251 g/mol. The second-order valence-electron chi connectivity index (χ2n) is 4.24. The third-order valence-corrected chi connectivity index (χ3v) is 2.84. The Hall–Kier alpha value is -1.82. The number of non-ortho nitro benzene ring substituents is 1. The lowest BCUT2D eigenvalue weighted by molar-refractivity contribution is -0.384. The van der Waals surface area contributed by atoms with Gasteiger partial charge < -0.3 is 15.4 Å². The lowest BCUT2D eigenvalue weighted by atomic mass is 10.2. The van der Waals surface area contributed by atoms with Gasteiger partial charge in [-0.15, -0.1) is 0 Å². The molecule has 2 N–H and O–H groups in total. The van der Waals surface area contributed by atoms with E-state index in [2.05, 4.69) is 10.6 Å². The molecule has 0 aliphatic carbocycles. The van der Waals surface area contributed by atoms with Crippen LogP contribution >= 0.6 is 0 Å². The highest BCUT2D eigenvalue weighted by Gasteiger charge is 2.16. The largest absolute Gasteiger partial charge is 0.494 e. The van der Waals surface area contributed by atoms with Gasteiger partial charge in [0.25, 0.3) is 5.69 Å². The number of anilines is 1. The number of rotatable bonds is 5. The zero-order valence-electron chi connectivity index (χ0n) is 10.3. The minimum Gasteiger partial charge on any atom is -0.494 e. The molecule has 1 aliphatic rings. The predicted octanol–water partition coefficient (Wildman–Crippen LogP) is 1.77. The fourth-order valence-corrected chi connectivity index (χ4v) is 2.04. The van der Waals surface area contributed by atoms with Crippen LogP contribution in [0.4, 0.5) is 11.4 Å². The van der Waals surface area contributed by atoms with Crippen LogP contribution in [0.2, 0.25) is 0 Å². The quantitative estimate of drug-likeness (QED) is 0.616. The van der Waals surface area contributed by atoms with Gasteiger partial charge in [0.05, 0.1) is 17.6 Å². The zero-order chi connectivity index (χ0) is 13.0. The highest BCUT2D eigenvalue weighted by Crippen LogP contribution is 2.27. The Bertz CT molecular complexity index is 431. The van der Waals surface area contributed by atoms with Crippen molar-refractivity contribution in [3.05, 3.63) is 28.3 Å². The Morgan fingerprint density at radius 3 is 3.00 bits per heavy atom. The smallest absolute Gasteiger partial charge is 0.275 e. The number of benzene rings is 1. The Labute approximate surface area is 105 Å². The molecule has 6 nitrogen and oxygen atoms in total. The van der Waals surface area contributed by atoms with E-state index in [0.29, 0.717) is 18.4 Å². The zero-order valence-corrected chi connectivity index (χ0v) is 10.3. The van der Waals surface area contributed by atoms with E-state index in [1.165, 1.54) is 6.07 Å². The second-order valence-corrected chi connectivity index (χ2v) is 4.24. The molecule has 1 unspecified atom stereocenters. The van der Waals surface area contributed by atoms with E-state index >= 15 is 0 Å². The topological polar surface area (TPSA) is 76.4 Å². The van der Waals surface area contributed by atoms with E-state index < -0.39 is 4.92 Å². The summed E-state index contributed by atoms with van der Waals surface area (Å²) in [5, 5.41) is 17.4. The number of ether oxygens (including phenoxy) is 1. The van der Waals surface area contributed by atoms with Crippen molar-refractivity contribution in [3.63, 3.8) is 0 Å². The standard InChI is InChI=1S/C12H17N3O3/c1-2-18-12-6-10(5-11(7-12)15(16)17)14-9-3-4-13-8-9/h5-7,9,13-14H,2-4,8H2,1H3. The van der Waals surface area contributed by atoms with Crippen LogP contribution in [0.1, 0.15) is 13.3 Å². The molecule has 1 heterocycles. The van der Waals surface area contributed by atoms with Crippen LogP contribution in [0.5, 0.6) is 5.75 Å². The SMILES string of the molecule is CCOc1cc(NC2CCNC2)cc([N+](=O)[O-])c1. The van der Waals surface area contributed by atoms with E-state index in [9.17, 15) is 10.1 Å². The minimum atomic E-state index is -0.402. The van der Waals surface area contributed by atoms with Gasteiger partial charge in [-0.2, -0.15) is 0 Å². The van der Waals surface area contributed by atoms with E-state index in [4.69, 9.17) is 4.74 Å². The minimum absolute atomic E-state index is 0.0504. The van der Waals surface area contributed by atoms with Crippen LogP contribution in [0.25, 0.3) is 0 Å². The summed E-state index contributed by atoms with van der Waals surface area (Å²) >= 11 is 0. The molecule has 2 rings (SSSR count).